The third kappa shape index (κ3) is 1.69. The number of rotatable bonds is 1. The SMILES string of the molecule is CC1(C)Cc2ccc3c(=O)c(C(=O)O)c[nH]c3c2O1. The Labute approximate surface area is 108 Å². The van der Waals surface area contributed by atoms with Gasteiger partial charge in [0.2, 0.25) is 5.43 Å². The summed E-state index contributed by atoms with van der Waals surface area (Å²) in [7, 11) is 0. The molecule has 19 heavy (non-hydrogen) atoms. The quantitative estimate of drug-likeness (QED) is 0.820. The zero-order chi connectivity index (χ0) is 13.8. The number of hydrogen-bond acceptors (Lipinski definition) is 3. The number of nitrogens with one attached hydrogen (secondary N) is 1. The number of aromatic nitrogens is 1. The molecule has 0 amide bonds. The van der Waals surface area contributed by atoms with Gasteiger partial charge in [0.1, 0.15) is 16.9 Å². The number of pyridine rings is 1. The summed E-state index contributed by atoms with van der Waals surface area (Å²) in [4.78, 5) is 25.9. The fourth-order valence-electron chi connectivity index (χ4n) is 2.50. The van der Waals surface area contributed by atoms with Gasteiger partial charge in [-0.1, -0.05) is 6.07 Å². The smallest absolute Gasteiger partial charge is 0.341 e. The van der Waals surface area contributed by atoms with E-state index >= 15 is 0 Å². The minimum Gasteiger partial charge on any atom is -0.485 e. The number of H-pyrrole nitrogens is 1. The Hall–Kier alpha value is -2.30. The maximum Gasteiger partial charge on any atom is 0.341 e. The summed E-state index contributed by atoms with van der Waals surface area (Å²) in [5.41, 5.74) is 0.537. The molecule has 0 atom stereocenters. The van der Waals surface area contributed by atoms with Crippen LogP contribution >= 0.6 is 0 Å². The van der Waals surface area contributed by atoms with Crippen molar-refractivity contribution in [1.29, 1.82) is 0 Å². The summed E-state index contributed by atoms with van der Waals surface area (Å²) < 4.78 is 5.85. The van der Waals surface area contributed by atoms with Gasteiger partial charge in [-0.25, -0.2) is 4.79 Å². The summed E-state index contributed by atoms with van der Waals surface area (Å²) >= 11 is 0. The number of carboxylic acids is 1. The van der Waals surface area contributed by atoms with Gasteiger partial charge in [0, 0.05) is 18.2 Å². The summed E-state index contributed by atoms with van der Waals surface area (Å²) in [5, 5.41) is 9.29. The molecule has 1 aromatic carbocycles. The lowest BCUT2D eigenvalue weighted by molar-refractivity contribution is 0.0695. The van der Waals surface area contributed by atoms with E-state index in [4.69, 9.17) is 9.84 Å². The Morgan fingerprint density at radius 2 is 2.16 bits per heavy atom. The molecule has 2 heterocycles. The number of carboxylic acid groups (broad SMARTS) is 1. The molecular formula is C14H13NO4. The van der Waals surface area contributed by atoms with Gasteiger partial charge < -0.3 is 14.8 Å². The van der Waals surface area contributed by atoms with E-state index < -0.39 is 11.4 Å². The molecule has 3 rings (SSSR count). The molecule has 2 aromatic rings. The van der Waals surface area contributed by atoms with Crippen molar-refractivity contribution in [3.8, 4) is 5.75 Å². The molecule has 1 aromatic heterocycles. The number of aromatic amines is 1. The van der Waals surface area contributed by atoms with Crippen molar-refractivity contribution in [1.82, 2.24) is 4.98 Å². The molecule has 1 aliphatic heterocycles. The van der Waals surface area contributed by atoms with Crippen LogP contribution in [0.4, 0.5) is 0 Å². The lowest BCUT2D eigenvalue weighted by Gasteiger charge is -2.17. The highest BCUT2D eigenvalue weighted by Crippen LogP contribution is 2.38. The number of benzene rings is 1. The van der Waals surface area contributed by atoms with Gasteiger partial charge in [0.25, 0.3) is 0 Å². The van der Waals surface area contributed by atoms with Gasteiger partial charge in [0.05, 0.1) is 10.9 Å². The van der Waals surface area contributed by atoms with Crippen LogP contribution in [0.5, 0.6) is 5.75 Å². The monoisotopic (exact) mass is 259 g/mol. The van der Waals surface area contributed by atoms with E-state index in [1.54, 1.807) is 6.07 Å². The van der Waals surface area contributed by atoms with Crippen LogP contribution in [0.2, 0.25) is 0 Å². The molecule has 0 bridgehead atoms. The van der Waals surface area contributed by atoms with Crippen molar-refractivity contribution in [2.75, 3.05) is 0 Å². The summed E-state index contributed by atoms with van der Waals surface area (Å²) in [5.74, 6) is -0.582. The van der Waals surface area contributed by atoms with Crippen LogP contribution in [0.15, 0.2) is 23.1 Å². The van der Waals surface area contributed by atoms with Crippen molar-refractivity contribution < 1.29 is 14.6 Å². The molecule has 5 nitrogen and oxygen atoms in total. The molecule has 5 heteroatoms. The highest BCUT2D eigenvalue weighted by molar-refractivity contribution is 5.94. The second-order valence-corrected chi connectivity index (χ2v) is 5.35. The van der Waals surface area contributed by atoms with Gasteiger partial charge in [-0.2, -0.15) is 0 Å². The minimum atomic E-state index is -1.23. The third-order valence-corrected chi connectivity index (χ3v) is 3.31. The van der Waals surface area contributed by atoms with Crippen LogP contribution in [0, 0.1) is 0 Å². The average molecular weight is 259 g/mol. The fourth-order valence-corrected chi connectivity index (χ4v) is 2.50. The maximum absolute atomic E-state index is 12.1. The molecule has 0 radical (unpaired) electrons. The van der Waals surface area contributed by atoms with E-state index in [0.29, 0.717) is 16.7 Å². The molecule has 1 aliphatic rings. The third-order valence-electron chi connectivity index (χ3n) is 3.31. The van der Waals surface area contributed by atoms with E-state index in [9.17, 15) is 9.59 Å². The van der Waals surface area contributed by atoms with Crippen LogP contribution in [0.25, 0.3) is 10.9 Å². The topological polar surface area (TPSA) is 79.4 Å². The van der Waals surface area contributed by atoms with Crippen LogP contribution in [-0.4, -0.2) is 21.7 Å². The van der Waals surface area contributed by atoms with Gasteiger partial charge >= 0.3 is 5.97 Å². The first kappa shape index (κ1) is 11.8. The van der Waals surface area contributed by atoms with Crippen LogP contribution in [0.3, 0.4) is 0 Å². The van der Waals surface area contributed by atoms with Crippen molar-refractivity contribution in [3.63, 3.8) is 0 Å². The van der Waals surface area contributed by atoms with E-state index in [1.165, 1.54) is 6.20 Å². The van der Waals surface area contributed by atoms with E-state index in [1.807, 2.05) is 19.9 Å². The Morgan fingerprint density at radius 1 is 1.42 bits per heavy atom. The van der Waals surface area contributed by atoms with Gasteiger partial charge in [-0.15, -0.1) is 0 Å². The molecule has 0 unspecified atom stereocenters. The zero-order valence-corrected chi connectivity index (χ0v) is 10.6. The molecule has 0 spiro atoms. The Bertz CT molecular complexity index is 758. The average Bonchev–Trinajstić information content (AvgIpc) is 2.63. The second-order valence-electron chi connectivity index (χ2n) is 5.35. The predicted octanol–water partition coefficient (Wildman–Crippen LogP) is 1.94. The summed E-state index contributed by atoms with van der Waals surface area (Å²) in [6, 6.07) is 3.48. The van der Waals surface area contributed by atoms with E-state index in [2.05, 4.69) is 4.98 Å². The largest absolute Gasteiger partial charge is 0.485 e. The molecule has 98 valence electrons. The minimum absolute atomic E-state index is 0.260. The Balaban J connectivity index is 2.32. The van der Waals surface area contributed by atoms with Crippen molar-refractivity contribution in [2.24, 2.45) is 0 Å². The highest BCUT2D eigenvalue weighted by Gasteiger charge is 2.32. The standard InChI is InChI=1S/C14H13NO4/c1-14(2)5-7-3-4-8-10(12(7)19-14)15-6-9(11(8)16)13(17)18/h3-4,6H,5H2,1-2H3,(H,15,16)(H,17,18). The second kappa shape index (κ2) is 3.60. The van der Waals surface area contributed by atoms with Gasteiger partial charge in [-0.05, 0) is 19.9 Å². The van der Waals surface area contributed by atoms with E-state index in [-0.39, 0.29) is 11.2 Å². The molecule has 0 saturated carbocycles. The summed E-state index contributed by atoms with van der Waals surface area (Å²) in [6.07, 6.45) is 1.99. The fraction of sp³-hybridized carbons (Fsp3) is 0.286. The number of carbonyl (C=O) groups is 1. The van der Waals surface area contributed by atoms with Crippen LogP contribution in [0.1, 0.15) is 29.8 Å². The zero-order valence-electron chi connectivity index (χ0n) is 10.6. The van der Waals surface area contributed by atoms with Crippen LogP contribution in [-0.2, 0) is 6.42 Å². The maximum atomic E-state index is 12.1. The van der Waals surface area contributed by atoms with Crippen molar-refractivity contribution >= 4 is 16.9 Å². The molecule has 0 aliphatic carbocycles. The van der Waals surface area contributed by atoms with E-state index in [0.717, 1.165) is 12.0 Å². The molecule has 2 N–H and O–H groups in total. The molecular weight excluding hydrogens is 246 g/mol. The first-order valence-electron chi connectivity index (χ1n) is 5.99. The van der Waals surface area contributed by atoms with Gasteiger partial charge in [-0.3, -0.25) is 4.79 Å². The lowest BCUT2D eigenvalue weighted by Crippen LogP contribution is -2.24. The number of hydrogen-bond donors (Lipinski definition) is 2. The normalized spacial score (nSPS) is 16.1. The molecule has 0 fully saturated rings. The number of fused-ring (bicyclic) bond motifs is 3. The van der Waals surface area contributed by atoms with Crippen molar-refractivity contribution in [2.45, 2.75) is 25.9 Å². The number of aromatic carboxylic acids is 1. The Kier molecular flexibility index (Phi) is 2.23. The lowest BCUT2D eigenvalue weighted by atomic mass is 10.0. The highest BCUT2D eigenvalue weighted by atomic mass is 16.5. The van der Waals surface area contributed by atoms with Gasteiger partial charge in [0.15, 0.2) is 0 Å². The Morgan fingerprint density at radius 3 is 2.84 bits per heavy atom. The predicted molar refractivity (Wildman–Crippen MR) is 69.9 cm³/mol. The molecule has 0 saturated heterocycles. The van der Waals surface area contributed by atoms with Crippen LogP contribution < -0.4 is 10.2 Å². The first-order chi connectivity index (χ1) is 8.89. The van der Waals surface area contributed by atoms with Crippen molar-refractivity contribution in [3.05, 3.63) is 39.7 Å². The first-order valence-corrected chi connectivity index (χ1v) is 5.99. The summed E-state index contributed by atoms with van der Waals surface area (Å²) in [6.45, 7) is 3.95. The number of ether oxygens (including phenoxy) is 1.